The SMILES string of the molecule is Cc1cc(C)c(C(=O)N2CCSCC2)cc1N. The molecule has 2 N–H and O–H groups in total. The molecule has 1 amide bonds. The van der Waals surface area contributed by atoms with Gasteiger partial charge in [-0.1, -0.05) is 6.07 Å². The maximum Gasteiger partial charge on any atom is 0.254 e. The summed E-state index contributed by atoms with van der Waals surface area (Å²) in [5.41, 5.74) is 9.38. The lowest BCUT2D eigenvalue weighted by atomic mass is 10.0. The quantitative estimate of drug-likeness (QED) is 0.776. The summed E-state index contributed by atoms with van der Waals surface area (Å²) in [4.78, 5) is 14.3. The van der Waals surface area contributed by atoms with Crippen LogP contribution in [0.3, 0.4) is 0 Å². The van der Waals surface area contributed by atoms with Crippen molar-refractivity contribution in [1.29, 1.82) is 0 Å². The summed E-state index contributed by atoms with van der Waals surface area (Å²) in [7, 11) is 0. The second-order valence-corrected chi connectivity index (χ2v) is 5.65. The van der Waals surface area contributed by atoms with Crippen LogP contribution in [0.5, 0.6) is 0 Å². The molecule has 1 saturated heterocycles. The first-order chi connectivity index (χ1) is 8.09. The number of benzene rings is 1. The minimum absolute atomic E-state index is 0.120. The summed E-state index contributed by atoms with van der Waals surface area (Å²) in [6.07, 6.45) is 0. The molecule has 1 aromatic carbocycles. The van der Waals surface area contributed by atoms with Gasteiger partial charge in [-0.3, -0.25) is 4.79 Å². The van der Waals surface area contributed by atoms with Gasteiger partial charge in [-0.2, -0.15) is 11.8 Å². The third-order valence-electron chi connectivity index (χ3n) is 3.14. The van der Waals surface area contributed by atoms with E-state index in [1.54, 1.807) is 0 Å². The Morgan fingerprint density at radius 3 is 2.53 bits per heavy atom. The van der Waals surface area contributed by atoms with E-state index in [2.05, 4.69) is 0 Å². The van der Waals surface area contributed by atoms with Gasteiger partial charge in [-0.05, 0) is 31.0 Å². The molecule has 0 aliphatic carbocycles. The molecule has 1 fully saturated rings. The Balaban J connectivity index is 2.26. The Morgan fingerprint density at radius 1 is 1.24 bits per heavy atom. The second-order valence-electron chi connectivity index (χ2n) is 4.43. The summed E-state index contributed by atoms with van der Waals surface area (Å²) in [6.45, 7) is 5.62. The monoisotopic (exact) mass is 250 g/mol. The van der Waals surface area contributed by atoms with Gasteiger partial charge in [0.15, 0.2) is 0 Å². The van der Waals surface area contributed by atoms with Gasteiger partial charge in [-0.25, -0.2) is 0 Å². The van der Waals surface area contributed by atoms with Crippen LogP contribution in [0.25, 0.3) is 0 Å². The van der Waals surface area contributed by atoms with E-state index in [0.29, 0.717) is 5.69 Å². The highest BCUT2D eigenvalue weighted by Gasteiger charge is 2.20. The molecule has 1 aliphatic rings. The van der Waals surface area contributed by atoms with Crippen LogP contribution in [0.15, 0.2) is 12.1 Å². The number of nitrogen functional groups attached to an aromatic ring is 1. The predicted octanol–water partition coefficient (Wildman–Crippen LogP) is 2.07. The van der Waals surface area contributed by atoms with Crippen molar-refractivity contribution < 1.29 is 4.79 Å². The minimum Gasteiger partial charge on any atom is -0.398 e. The molecule has 1 aromatic rings. The Labute approximate surface area is 106 Å². The molecule has 0 unspecified atom stereocenters. The van der Waals surface area contributed by atoms with Gasteiger partial charge in [-0.15, -0.1) is 0 Å². The Kier molecular flexibility index (Phi) is 3.62. The van der Waals surface area contributed by atoms with E-state index in [1.807, 2.05) is 42.6 Å². The lowest BCUT2D eigenvalue weighted by molar-refractivity contribution is 0.0771. The van der Waals surface area contributed by atoms with E-state index >= 15 is 0 Å². The largest absolute Gasteiger partial charge is 0.398 e. The van der Waals surface area contributed by atoms with Crippen molar-refractivity contribution in [2.75, 3.05) is 30.3 Å². The summed E-state index contributed by atoms with van der Waals surface area (Å²) in [5, 5.41) is 0. The average Bonchev–Trinajstić information content (AvgIpc) is 2.34. The summed E-state index contributed by atoms with van der Waals surface area (Å²) < 4.78 is 0. The Bertz CT molecular complexity index is 439. The van der Waals surface area contributed by atoms with Gasteiger partial charge in [0.2, 0.25) is 0 Å². The zero-order valence-electron chi connectivity index (χ0n) is 10.3. The number of nitrogens with zero attached hydrogens (tertiary/aromatic N) is 1. The van der Waals surface area contributed by atoms with Gasteiger partial charge in [0.05, 0.1) is 0 Å². The van der Waals surface area contributed by atoms with Gasteiger partial charge in [0.25, 0.3) is 5.91 Å². The third-order valence-corrected chi connectivity index (χ3v) is 4.08. The zero-order valence-corrected chi connectivity index (χ0v) is 11.1. The Hall–Kier alpha value is -1.16. The molecular formula is C13H18N2OS. The molecule has 0 bridgehead atoms. The van der Waals surface area contributed by atoms with Crippen LogP contribution in [0.4, 0.5) is 5.69 Å². The van der Waals surface area contributed by atoms with Gasteiger partial charge in [0.1, 0.15) is 0 Å². The van der Waals surface area contributed by atoms with Crippen molar-refractivity contribution in [3.63, 3.8) is 0 Å². The van der Waals surface area contributed by atoms with Crippen LogP contribution < -0.4 is 5.73 Å². The number of amides is 1. The molecule has 0 aromatic heterocycles. The van der Waals surface area contributed by atoms with E-state index in [-0.39, 0.29) is 5.91 Å². The van der Waals surface area contributed by atoms with Crippen LogP contribution >= 0.6 is 11.8 Å². The van der Waals surface area contributed by atoms with Crippen molar-refractivity contribution in [1.82, 2.24) is 4.90 Å². The molecule has 1 heterocycles. The number of aryl methyl sites for hydroxylation is 2. The smallest absolute Gasteiger partial charge is 0.254 e. The maximum atomic E-state index is 12.3. The van der Waals surface area contributed by atoms with Crippen molar-refractivity contribution >= 4 is 23.4 Å². The van der Waals surface area contributed by atoms with Crippen molar-refractivity contribution in [2.45, 2.75) is 13.8 Å². The summed E-state index contributed by atoms with van der Waals surface area (Å²) in [6, 6.07) is 3.80. The molecule has 0 radical (unpaired) electrons. The van der Waals surface area contributed by atoms with Crippen LogP contribution in [0, 0.1) is 13.8 Å². The molecule has 92 valence electrons. The molecule has 0 atom stereocenters. The normalized spacial score (nSPS) is 16.0. The van der Waals surface area contributed by atoms with Crippen LogP contribution in [-0.2, 0) is 0 Å². The minimum atomic E-state index is 0.120. The number of hydrogen-bond acceptors (Lipinski definition) is 3. The number of rotatable bonds is 1. The highest BCUT2D eigenvalue weighted by Crippen LogP contribution is 2.20. The summed E-state index contributed by atoms with van der Waals surface area (Å²) in [5.74, 6) is 2.19. The van der Waals surface area contributed by atoms with E-state index in [4.69, 9.17) is 5.73 Å². The van der Waals surface area contributed by atoms with Gasteiger partial charge >= 0.3 is 0 Å². The topological polar surface area (TPSA) is 46.3 Å². The van der Waals surface area contributed by atoms with Crippen molar-refractivity contribution in [2.24, 2.45) is 0 Å². The predicted molar refractivity (Wildman–Crippen MR) is 73.6 cm³/mol. The average molecular weight is 250 g/mol. The van der Waals surface area contributed by atoms with Crippen molar-refractivity contribution in [3.05, 3.63) is 28.8 Å². The van der Waals surface area contributed by atoms with E-state index in [0.717, 1.165) is 41.3 Å². The molecule has 0 saturated carbocycles. The van der Waals surface area contributed by atoms with E-state index in [9.17, 15) is 4.79 Å². The van der Waals surface area contributed by atoms with Crippen molar-refractivity contribution in [3.8, 4) is 0 Å². The standard InChI is InChI=1S/C13H18N2OS/c1-9-7-10(2)12(14)8-11(9)13(16)15-3-5-17-6-4-15/h7-8H,3-6,14H2,1-2H3. The van der Waals surface area contributed by atoms with E-state index in [1.165, 1.54) is 0 Å². The lowest BCUT2D eigenvalue weighted by Crippen LogP contribution is -2.38. The highest BCUT2D eigenvalue weighted by atomic mass is 32.2. The number of nitrogens with two attached hydrogens (primary N) is 1. The van der Waals surface area contributed by atoms with Gasteiger partial charge < -0.3 is 10.6 Å². The first-order valence-electron chi connectivity index (χ1n) is 5.83. The maximum absolute atomic E-state index is 12.3. The zero-order chi connectivity index (χ0) is 12.4. The molecule has 3 nitrogen and oxygen atoms in total. The molecule has 0 spiro atoms. The lowest BCUT2D eigenvalue weighted by Gasteiger charge is -2.27. The molecule has 1 aliphatic heterocycles. The Morgan fingerprint density at radius 2 is 1.88 bits per heavy atom. The molecule has 4 heteroatoms. The van der Waals surface area contributed by atoms with Crippen LogP contribution in [0.2, 0.25) is 0 Å². The fourth-order valence-corrected chi connectivity index (χ4v) is 2.94. The molecular weight excluding hydrogens is 232 g/mol. The number of anilines is 1. The van der Waals surface area contributed by atoms with Crippen LogP contribution in [-0.4, -0.2) is 35.4 Å². The first kappa shape index (κ1) is 12.3. The van der Waals surface area contributed by atoms with Crippen LogP contribution in [0.1, 0.15) is 21.5 Å². The fraction of sp³-hybridized carbons (Fsp3) is 0.462. The fourth-order valence-electron chi connectivity index (χ4n) is 2.04. The number of carbonyl (C=O) groups is 1. The third kappa shape index (κ3) is 2.57. The number of carbonyl (C=O) groups excluding carboxylic acids is 1. The number of hydrogen-bond donors (Lipinski definition) is 1. The summed E-state index contributed by atoms with van der Waals surface area (Å²) >= 11 is 1.90. The number of thioether (sulfide) groups is 1. The molecule has 2 rings (SSSR count). The highest BCUT2D eigenvalue weighted by molar-refractivity contribution is 7.99. The van der Waals surface area contributed by atoms with Gasteiger partial charge in [0, 0.05) is 35.8 Å². The van der Waals surface area contributed by atoms with E-state index < -0.39 is 0 Å². The first-order valence-corrected chi connectivity index (χ1v) is 6.99. The second kappa shape index (κ2) is 5.00. The molecule has 17 heavy (non-hydrogen) atoms.